The first-order valence-electron chi connectivity index (χ1n) is 10.0. The average molecular weight is 389 g/mol. The number of hydrogen-bond donors (Lipinski definition) is 2. The number of amides is 1. The van der Waals surface area contributed by atoms with Gasteiger partial charge < -0.3 is 15.5 Å². The van der Waals surface area contributed by atoms with Crippen molar-refractivity contribution in [1.29, 1.82) is 0 Å². The Bertz CT molecular complexity index is 921. The van der Waals surface area contributed by atoms with E-state index in [1.807, 2.05) is 48.5 Å². The van der Waals surface area contributed by atoms with E-state index in [4.69, 9.17) is 0 Å². The number of aromatic nitrogens is 1. The lowest BCUT2D eigenvalue weighted by Crippen LogP contribution is -2.21. The van der Waals surface area contributed by atoms with E-state index in [2.05, 4.69) is 53.4 Å². The number of nitrogens with zero attached hydrogens (tertiary/aromatic N) is 2. The van der Waals surface area contributed by atoms with Crippen molar-refractivity contribution in [2.24, 2.45) is 0 Å². The molecule has 2 N–H and O–H groups in total. The fourth-order valence-electron chi connectivity index (χ4n) is 3.26. The maximum atomic E-state index is 12.6. The number of pyridine rings is 1. The molecule has 29 heavy (non-hydrogen) atoms. The summed E-state index contributed by atoms with van der Waals surface area (Å²) in [5, 5.41) is 6.35. The second-order valence-electron chi connectivity index (χ2n) is 6.88. The molecule has 0 aliphatic carbocycles. The molecule has 0 fully saturated rings. The van der Waals surface area contributed by atoms with Crippen LogP contribution >= 0.6 is 0 Å². The normalized spacial score (nSPS) is 11.6. The summed E-state index contributed by atoms with van der Waals surface area (Å²) in [6, 6.07) is 21.9. The van der Waals surface area contributed by atoms with Gasteiger partial charge in [0.1, 0.15) is 5.69 Å². The number of anilines is 3. The van der Waals surface area contributed by atoms with Gasteiger partial charge in [0.05, 0.1) is 0 Å². The average Bonchev–Trinajstić information content (AvgIpc) is 2.76. The Morgan fingerprint density at radius 2 is 1.66 bits per heavy atom. The van der Waals surface area contributed by atoms with Crippen LogP contribution in [0, 0.1) is 0 Å². The molecule has 0 saturated carbocycles. The summed E-state index contributed by atoms with van der Waals surface area (Å²) < 4.78 is 0. The predicted octanol–water partition coefficient (Wildman–Crippen LogP) is 5.35. The molecular weight excluding hydrogens is 360 g/mol. The number of rotatable bonds is 8. The van der Waals surface area contributed by atoms with E-state index in [1.165, 1.54) is 5.56 Å². The lowest BCUT2D eigenvalue weighted by atomic mass is 10.1. The largest absolute Gasteiger partial charge is 0.378 e. The van der Waals surface area contributed by atoms with Gasteiger partial charge in [0.2, 0.25) is 0 Å². The Kier molecular flexibility index (Phi) is 6.85. The van der Waals surface area contributed by atoms with E-state index in [0.29, 0.717) is 5.69 Å². The van der Waals surface area contributed by atoms with Gasteiger partial charge in [-0.05, 0) is 62.7 Å². The van der Waals surface area contributed by atoms with Crippen LogP contribution in [0.3, 0.4) is 0 Å². The summed E-state index contributed by atoms with van der Waals surface area (Å²) in [6.45, 7) is 8.25. The minimum atomic E-state index is -0.225. The van der Waals surface area contributed by atoms with Crippen molar-refractivity contribution >= 4 is 23.0 Å². The summed E-state index contributed by atoms with van der Waals surface area (Å²) in [5.41, 5.74) is 4.32. The van der Waals surface area contributed by atoms with Gasteiger partial charge in [-0.3, -0.25) is 9.78 Å². The smallest absolute Gasteiger partial charge is 0.274 e. The number of hydrogen-bond acceptors (Lipinski definition) is 4. The minimum Gasteiger partial charge on any atom is -0.378 e. The number of nitrogens with one attached hydrogen (secondary N) is 2. The molecule has 1 amide bonds. The Labute approximate surface area is 172 Å². The van der Waals surface area contributed by atoms with Crippen LogP contribution in [-0.2, 0) is 0 Å². The highest BCUT2D eigenvalue weighted by molar-refractivity contribution is 6.03. The van der Waals surface area contributed by atoms with Crippen LogP contribution < -0.4 is 15.5 Å². The van der Waals surface area contributed by atoms with Crippen molar-refractivity contribution in [3.63, 3.8) is 0 Å². The molecule has 5 heteroatoms. The van der Waals surface area contributed by atoms with Gasteiger partial charge in [0.15, 0.2) is 0 Å². The summed E-state index contributed by atoms with van der Waals surface area (Å²) >= 11 is 0. The highest BCUT2D eigenvalue weighted by Crippen LogP contribution is 2.21. The number of carbonyl (C=O) groups is 1. The van der Waals surface area contributed by atoms with E-state index in [0.717, 1.165) is 30.2 Å². The van der Waals surface area contributed by atoms with Gasteiger partial charge in [-0.1, -0.05) is 30.3 Å². The molecule has 0 spiro atoms. The first-order valence-corrected chi connectivity index (χ1v) is 10.0. The van der Waals surface area contributed by atoms with Gasteiger partial charge in [-0.25, -0.2) is 0 Å². The Morgan fingerprint density at radius 3 is 2.31 bits per heavy atom. The number of benzene rings is 2. The molecule has 0 aliphatic rings. The fourth-order valence-corrected chi connectivity index (χ4v) is 3.26. The molecule has 3 rings (SSSR count). The SMILES string of the molecule is CCN(CC)c1ccc(NC(=O)c2cc(NC(C)c3ccccc3)ccn2)cc1. The van der Waals surface area contributed by atoms with Gasteiger partial charge in [-0.2, -0.15) is 0 Å². The molecule has 5 nitrogen and oxygen atoms in total. The first-order chi connectivity index (χ1) is 14.1. The Balaban J connectivity index is 1.66. The third-order valence-electron chi connectivity index (χ3n) is 4.93. The minimum absolute atomic E-state index is 0.127. The van der Waals surface area contributed by atoms with E-state index in [-0.39, 0.29) is 11.9 Å². The van der Waals surface area contributed by atoms with Gasteiger partial charge in [-0.15, -0.1) is 0 Å². The maximum Gasteiger partial charge on any atom is 0.274 e. The molecule has 1 aromatic heterocycles. The van der Waals surface area contributed by atoms with Crippen LogP contribution in [0.25, 0.3) is 0 Å². The van der Waals surface area contributed by atoms with Crippen LogP contribution in [-0.4, -0.2) is 24.0 Å². The monoisotopic (exact) mass is 388 g/mol. The summed E-state index contributed by atoms with van der Waals surface area (Å²) in [6.07, 6.45) is 1.65. The predicted molar refractivity (Wildman–Crippen MR) is 121 cm³/mol. The summed E-state index contributed by atoms with van der Waals surface area (Å²) in [7, 11) is 0. The lowest BCUT2D eigenvalue weighted by molar-refractivity contribution is 0.102. The second kappa shape index (κ2) is 9.73. The Morgan fingerprint density at radius 1 is 0.966 bits per heavy atom. The van der Waals surface area contributed by atoms with Crippen LogP contribution in [0.5, 0.6) is 0 Å². The van der Waals surface area contributed by atoms with Crippen molar-refractivity contribution < 1.29 is 4.79 Å². The van der Waals surface area contributed by atoms with Crippen molar-refractivity contribution in [2.45, 2.75) is 26.8 Å². The third-order valence-corrected chi connectivity index (χ3v) is 4.93. The van der Waals surface area contributed by atoms with Gasteiger partial charge in [0.25, 0.3) is 5.91 Å². The molecule has 2 aromatic carbocycles. The van der Waals surface area contributed by atoms with Crippen LogP contribution in [0.4, 0.5) is 17.1 Å². The molecule has 1 atom stereocenters. The molecule has 0 saturated heterocycles. The summed E-state index contributed by atoms with van der Waals surface area (Å²) in [5.74, 6) is -0.225. The van der Waals surface area contributed by atoms with Crippen LogP contribution in [0.1, 0.15) is 42.9 Å². The van der Waals surface area contributed by atoms with Crippen molar-refractivity contribution in [3.8, 4) is 0 Å². The summed E-state index contributed by atoms with van der Waals surface area (Å²) in [4.78, 5) is 19.1. The van der Waals surface area contributed by atoms with E-state index < -0.39 is 0 Å². The standard InChI is InChI=1S/C24H28N4O/c1-4-28(5-2)22-13-11-20(12-14-22)27-24(29)23-17-21(15-16-25-23)26-18(3)19-9-7-6-8-10-19/h6-18H,4-5H2,1-3H3,(H,25,26)(H,27,29). The van der Waals surface area contributed by atoms with E-state index in [9.17, 15) is 4.79 Å². The van der Waals surface area contributed by atoms with Crippen LogP contribution in [0.15, 0.2) is 72.9 Å². The lowest BCUT2D eigenvalue weighted by Gasteiger charge is -2.21. The molecule has 0 aliphatic heterocycles. The topological polar surface area (TPSA) is 57.3 Å². The highest BCUT2D eigenvalue weighted by atomic mass is 16.1. The quantitative estimate of drug-likeness (QED) is 0.546. The second-order valence-corrected chi connectivity index (χ2v) is 6.88. The molecular formula is C24H28N4O. The van der Waals surface area contributed by atoms with Crippen molar-refractivity contribution in [3.05, 3.63) is 84.2 Å². The number of carbonyl (C=O) groups excluding carboxylic acids is 1. The van der Waals surface area contributed by atoms with Gasteiger partial charge >= 0.3 is 0 Å². The molecule has 0 radical (unpaired) electrons. The zero-order valence-corrected chi connectivity index (χ0v) is 17.2. The van der Waals surface area contributed by atoms with E-state index >= 15 is 0 Å². The van der Waals surface area contributed by atoms with Crippen molar-refractivity contribution in [1.82, 2.24) is 4.98 Å². The van der Waals surface area contributed by atoms with Gasteiger partial charge in [0, 0.05) is 42.4 Å². The molecule has 0 bridgehead atoms. The molecule has 3 aromatic rings. The zero-order chi connectivity index (χ0) is 20.6. The highest BCUT2D eigenvalue weighted by Gasteiger charge is 2.11. The maximum absolute atomic E-state index is 12.6. The Hall–Kier alpha value is -3.34. The molecule has 150 valence electrons. The zero-order valence-electron chi connectivity index (χ0n) is 17.2. The van der Waals surface area contributed by atoms with E-state index in [1.54, 1.807) is 12.3 Å². The molecule has 1 unspecified atom stereocenters. The van der Waals surface area contributed by atoms with Crippen LogP contribution in [0.2, 0.25) is 0 Å². The van der Waals surface area contributed by atoms with Crippen molar-refractivity contribution in [2.75, 3.05) is 28.6 Å². The fraction of sp³-hybridized carbons (Fsp3) is 0.250. The first kappa shape index (κ1) is 20.4. The molecule has 1 heterocycles. The third kappa shape index (κ3) is 5.35.